The summed E-state index contributed by atoms with van der Waals surface area (Å²) in [6.07, 6.45) is -14.4. The van der Waals surface area contributed by atoms with Crippen LogP contribution in [0.4, 0.5) is 0 Å². The maximum Gasteiger partial charge on any atom is 0.326 e. The first kappa shape index (κ1) is 34.1. The number of hydrogen-bond acceptors (Lipinski definition) is 9. The second-order valence-corrected chi connectivity index (χ2v) is 16.6. The first-order chi connectivity index (χ1) is 46.9. The predicted molar refractivity (Wildman–Crippen MR) is 303 cm³/mol. The van der Waals surface area contributed by atoms with Crippen molar-refractivity contribution in [2.24, 2.45) is 41.4 Å². The van der Waals surface area contributed by atoms with Crippen molar-refractivity contribution in [3.63, 3.8) is 0 Å². The van der Waals surface area contributed by atoms with Gasteiger partial charge in [-0.3, -0.25) is 33.6 Å². The lowest BCUT2D eigenvalue weighted by atomic mass is 10.0. The first-order valence-corrected chi connectivity index (χ1v) is 22.9. The predicted octanol–water partition coefficient (Wildman–Crippen LogP) is 9.03. The van der Waals surface area contributed by atoms with Gasteiger partial charge < -0.3 is 47.4 Å². The summed E-state index contributed by atoms with van der Waals surface area (Å²) in [6, 6.07) is -14.2. The van der Waals surface area contributed by atoms with E-state index in [9.17, 15) is 43.2 Å². The van der Waals surface area contributed by atoms with E-state index in [1.807, 2.05) is 6.92 Å². The molecule has 9 N–H and O–H groups in total. The third-order valence-electron chi connectivity index (χ3n) is 6.05. The number of hydrogen-bond donors (Lipinski definition) is 9. The Labute approximate surface area is 500 Å². The molecule has 0 aliphatic carbocycles. The highest BCUT2D eigenvalue weighted by molar-refractivity contribution is 5.82. The van der Waals surface area contributed by atoms with Gasteiger partial charge in [-0.2, -0.15) is 0 Å². The smallest absolute Gasteiger partial charge is 0.326 e. The van der Waals surface area contributed by atoms with Crippen LogP contribution in [-0.4, -0.2) is 106 Å². The Balaban J connectivity index is -0.000000224. The van der Waals surface area contributed by atoms with Crippen molar-refractivity contribution in [2.75, 3.05) is 0 Å². The average Bonchev–Trinajstić information content (AvgIpc) is 0.723. The van der Waals surface area contributed by atoms with E-state index in [4.69, 9.17) is 58.3 Å². The Morgan fingerprint density at radius 2 is 0.716 bits per heavy atom. The summed E-state index contributed by atoms with van der Waals surface area (Å²) in [6.45, 7) is 17.6. The van der Waals surface area contributed by atoms with Gasteiger partial charge in [-0.05, 0) is 121 Å². The van der Waals surface area contributed by atoms with Crippen LogP contribution in [0, 0.1) is 41.4 Å². The number of amides is 7. The lowest BCUT2D eigenvalue weighted by molar-refractivity contribution is -0.142. The molecule has 0 heterocycles. The van der Waals surface area contributed by atoms with Crippen molar-refractivity contribution >= 4 is 53.3 Å². The van der Waals surface area contributed by atoms with Gasteiger partial charge in [-0.1, -0.05) is 96.6 Å². The van der Waals surface area contributed by atoms with Gasteiger partial charge in [0.2, 0.25) is 41.4 Å². The van der Waals surface area contributed by atoms with Crippen molar-refractivity contribution in [3.05, 3.63) is 0 Å². The summed E-state index contributed by atoms with van der Waals surface area (Å²) in [5.74, 6) is -17.7. The lowest BCUT2D eigenvalue weighted by Crippen LogP contribution is -2.40. The molecule has 0 bridgehead atoms. The van der Waals surface area contributed by atoms with Crippen LogP contribution in [0.25, 0.3) is 0 Å². The van der Waals surface area contributed by atoms with Crippen molar-refractivity contribution in [2.45, 2.75) is 267 Å². The van der Waals surface area contributed by atoms with Crippen LogP contribution in [0.2, 0.25) is 4.24 Å². The molecule has 7 amide bonds. The first-order valence-electron chi connectivity index (χ1n) is 40.2. The number of carboxylic acids is 2. The van der Waals surface area contributed by atoms with Crippen LogP contribution < -0.4 is 37.2 Å². The lowest BCUT2D eigenvalue weighted by Gasteiger charge is -2.14. The molecule has 0 rings (SSSR count). The quantitative estimate of drug-likeness (QED) is 0.0465. The van der Waals surface area contributed by atoms with Gasteiger partial charge in [0, 0.05) is 114 Å². The zero-order chi connectivity index (χ0) is 90.9. The molecule has 0 aliphatic rings. The summed E-state index contributed by atoms with van der Waals surface area (Å²) in [5.41, 5.74) is 0. The van der Waals surface area contributed by atoms with Gasteiger partial charge >= 0.3 is 11.9 Å². The third-order valence-corrected chi connectivity index (χ3v) is 6.05. The van der Waals surface area contributed by atoms with Crippen LogP contribution in [-0.2, 0) is 43.2 Å². The molecular weight excluding hydrogens is 947 g/mol. The molecule has 0 radical (unpaired) electrons. The summed E-state index contributed by atoms with van der Waals surface area (Å²) < 4.78 is 261. The molecule has 11 atom stereocenters. The van der Waals surface area contributed by atoms with Gasteiger partial charge in [0.15, 0.2) is 4.24 Å². The van der Waals surface area contributed by atoms with Gasteiger partial charge in [-0.15, -0.1) is 0 Å². The van der Waals surface area contributed by atoms with Crippen molar-refractivity contribution in [1.29, 1.82) is 0 Å². The molecular formula is C56H115N7O11. The number of aliphatic carboxylic acids is 2. The van der Waals surface area contributed by atoms with Crippen LogP contribution in [0.15, 0.2) is 0 Å². The van der Waals surface area contributed by atoms with Gasteiger partial charge in [0.1, 0.15) is 12.0 Å². The second kappa shape index (κ2) is 50.4. The Bertz CT molecular complexity index is 2990. The largest absolute Gasteiger partial charge is 0.480 e. The van der Waals surface area contributed by atoms with Crippen LogP contribution >= 0.6 is 0 Å². The van der Waals surface area contributed by atoms with Gasteiger partial charge in [0.05, 0.1) is 8.22 Å². The minimum Gasteiger partial charge on any atom is -0.480 e. The molecule has 11 unspecified atom stereocenters. The molecule has 18 heteroatoms. The number of carbonyl (C=O) groups is 9. The highest BCUT2D eigenvalue weighted by Gasteiger charge is 2.20. The summed E-state index contributed by atoms with van der Waals surface area (Å²) >= 11 is 0. The highest BCUT2D eigenvalue weighted by atomic mass is 16.4. The van der Waals surface area contributed by atoms with E-state index in [-0.39, 0.29) is 35.0 Å². The van der Waals surface area contributed by atoms with E-state index < -0.39 is 178 Å². The summed E-state index contributed by atoms with van der Waals surface area (Å²) in [4.78, 5) is 98.2. The molecule has 0 aromatic rings. The third kappa shape index (κ3) is 84.1. The molecule has 0 aromatic heterocycles. The second-order valence-electron chi connectivity index (χ2n) is 16.6. The van der Waals surface area contributed by atoms with Crippen LogP contribution in [0.5, 0.6) is 0 Å². The van der Waals surface area contributed by atoms with Crippen molar-refractivity contribution in [1.82, 2.24) is 37.2 Å². The molecule has 0 spiro atoms. The number of rotatable bonds is 23. The number of nitrogens with one attached hydrogen (secondary N) is 7. The molecule has 0 aliphatic heterocycles. The fourth-order valence-corrected chi connectivity index (χ4v) is 4.62. The van der Waals surface area contributed by atoms with Crippen LogP contribution in [0.1, 0.15) is 268 Å². The zero-order valence-corrected chi connectivity index (χ0v) is 47.6. The van der Waals surface area contributed by atoms with E-state index in [1.165, 1.54) is 55.4 Å². The molecule has 0 aromatic carbocycles. The van der Waals surface area contributed by atoms with E-state index in [1.54, 1.807) is 39.9 Å². The van der Waals surface area contributed by atoms with Gasteiger partial charge in [-0.25, -0.2) is 9.59 Å². The monoisotopic (exact) mass is 1100 g/mol. The normalized spacial score (nSPS) is 26.5. The van der Waals surface area contributed by atoms with E-state index in [2.05, 4.69) is 16.0 Å². The minimum atomic E-state index is -3.58. The molecule has 0 saturated carbocycles. The average molecular weight is 1100 g/mol. The molecule has 0 saturated heterocycles. The Hall–Kier alpha value is -4.77. The molecule has 74 heavy (non-hydrogen) atoms. The fraction of sp³-hybridized carbons (Fsp3) is 0.839. The van der Waals surface area contributed by atoms with Crippen molar-refractivity contribution in [3.8, 4) is 0 Å². The van der Waals surface area contributed by atoms with E-state index >= 15 is 0 Å². The maximum absolute atomic E-state index is 11.2. The summed E-state index contributed by atoms with van der Waals surface area (Å²) in [7, 11) is 0. The standard InChI is InChI=1S/2C8H15NO3.5C8H17NO/c2*1-5(2)4-7(8(11)12)9-6(3)10;5*1-6(2)5-7(3)9-8(4)10/h2*5,7H,4H2,1-3H3,(H,9,10)(H,11,12);5*6-7H,5H2,1-4H3,(H,9,10)/i1D3,4D2,5D,7D;1D3,4D2,7D;5D2,6D,7D;1D3,5D2,7D;2*5D2,7D;1D3/hD3. The Kier molecular flexibility index (Phi) is 23.2. The highest BCUT2D eigenvalue weighted by Crippen LogP contribution is 2.08. The van der Waals surface area contributed by atoms with Crippen molar-refractivity contribution < 1.29 is 101 Å². The topological polar surface area (TPSA) is 278 Å². The van der Waals surface area contributed by atoms with E-state index in [0.29, 0.717) is 18.7 Å². The fourth-order valence-electron chi connectivity index (χ4n) is 4.62. The minimum absolute atomic E-state index is 0.0760. The Morgan fingerprint density at radius 3 is 1.01 bits per heavy atom. The number of carbonyl (C=O) groups excluding carboxylic acids is 7. The maximum atomic E-state index is 11.2. The number of carboxylic acid groups (broad SMARTS) is 2. The molecule has 440 valence electrons. The van der Waals surface area contributed by atoms with Gasteiger partial charge in [0.25, 0.3) is 0 Å². The Morgan fingerprint density at radius 1 is 0.378 bits per heavy atom. The summed E-state index contributed by atoms with van der Waals surface area (Å²) in [5, 5.41) is 26.8. The van der Waals surface area contributed by atoms with Crippen LogP contribution in [0.3, 0.4) is 0 Å². The molecule has 0 fully saturated rings. The SMILES string of the molecule is [2H]C(C)(C)C([2H])([2H])C([2H])(C)NC(C)=O.[2H]C(C)(NC(C)=O)C([2H])([2H])C(C)C.[2H]C([2H])([2H])C(C)C([2H])([2H])C([2H])(NC(C)=O)C(=O)O.[2H]C([2H])([2H])C(C)CC(C)NC(C)=O.[2H]N(C(C)=O)C([2H])(C(=O)O)C([2H])([2H])C([2H])(C)C([2H])([2H])[2H].[2H]N(C(C)=O)C([2H])(C)C([2H])([2H])C(C)C.[2H]N(C(C)=O)C([2H])(C)C([2H])([2H])C(C)C([2H])([2H])[2H]. The zero-order valence-electron chi connectivity index (χ0n) is 82.6. The van der Waals surface area contributed by atoms with E-state index in [0.717, 1.165) is 48.5 Å². The molecule has 18 nitrogen and oxygen atoms in total.